The van der Waals surface area contributed by atoms with Gasteiger partial charge in [-0.1, -0.05) is 6.92 Å². The molecule has 0 saturated carbocycles. The third kappa shape index (κ3) is 3.85. The maximum absolute atomic E-state index is 12.0. The molecule has 0 unspecified atom stereocenters. The largest absolute Gasteiger partial charge is 0.463 e. The summed E-state index contributed by atoms with van der Waals surface area (Å²) in [6.07, 6.45) is 2.38. The van der Waals surface area contributed by atoms with Crippen LogP contribution in [0.15, 0.2) is 28.9 Å². The predicted octanol–water partition coefficient (Wildman–Crippen LogP) is 2.23. The Kier molecular flexibility index (Phi) is 4.99. The summed E-state index contributed by atoms with van der Waals surface area (Å²) in [6, 6.07) is 5.06. The molecule has 0 fully saturated rings. The van der Waals surface area contributed by atoms with Gasteiger partial charge in [0, 0.05) is 20.2 Å². The van der Waals surface area contributed by atoms with Crippen molar-refractivity contribution in [2.75, 3.05) is 19.0 Å². The number of hydrogen-bond donors (Lipinski definition) is 2. The molecule has 7 heteroatoms. The molecule has 0 aliphatic carbocycles. The van der Waals surface area contributed by atoms with Crippen LogP contribution in [-0.4, -0.2) is 35.6 Å². The molecule has 2 rings (SSSR count). The second kappa shape index (κ2) is 6.94. The molecule has 2 heterocycles. The fraction of sp³-hybridized carbons (Fsp3) is 0.429. The Morgan fingerprint density at radius 3 is 3.00 bits per heavy atom. The van der Waals surface area contributed by atoms with Gasteiger partial charge in [0.1, 0.15) is 11.5 Å². The summed E-state index contributed by atoms with van der Waals surface area (Å²) in [6.45, 7) is 2.47. The van der Waals surface area contributed by atoms with Crippen LogP contribution >= 0.6 is 0 Å². The monoisotopic (exact) mass is 292 g/mol. The van der Waals surface area contributed by atoms with Crippen molar-refractivity contribution in [2.24, 2.45) is 7.05 Å². The Hall–Kier alpha value is -2.28. The number of hydrogen-bond acceptors (Lipinski definition) is 4. The highest BCUT2D eigenvalue weighted by atomic mass is 16.5. The fourth-order valence-corrected chi connectivity index (χ4v) is 1.93. The van der Waals surface area contributed by atoms with Crippen LogP contribution in [0.25, 0.3) is 11.5 Å². The molecule has 2 aromatic rings. The van der Waals surface area contributed by atoms with Crippen LogP contribution in [0.2, 0.25) is 0 Å². The van der Waals surface area contributed by atoms with E-state index in [0.717, 1.165) is 6.42 Å². The van der Waals surface area contributed by atoms with Crippen LogP contribution in [0.5, 0.6) is 0 Å². The van der Waals surface area contributed by atoms with Crippen LogP contribution in [0, 0.1) is 0 Å². The summed E-state index contributed by atoms with van der Waals surface area (Å²) in [7, 11) is 3.37. The highest BCUT2D eigenvalue weighted by Gasteiger charge is 2.14. The maximum Gasteiger partial charge on any atom is 0.320 e. The number of anilines is 1. The number of aromatic nitrogens is 2. The summed E-state index contributed by atoms with van der Waals surface area (Å²) in [5.74, 6) is 1.25. The van der Waals surface area contributed by atoms with E-state index < -0.39 is 0 Å². The average Bonchev–Trinajstić information content (AvgIpc) is 3.09. The zero-order chi connectivity index (χ0) is 15.2. The number of ether oxygens (including phenoxy) is 1. The van der Waals surface area contributed by atoms with Crippen molar-refractivity contribution in [2.45, 2.75) is 19.4 Å². The van der Waals surface area contributed by atoms with Gasteiger partial charge < -0.3 is 14.5 Å². The van der Waals surface area contributed by atoms with Gasteiger partial charge in [-0.3, -0.25) is 10.00 Å². The van der Waals surface area contributed by atoms with Crippen LogP contribution < -0.4 is 10.6 Å². The van der Waals surface area contributed by atoms with E-state index in [4.69, 9.17) is 9.15 Å². The van der Waals surface area contributed by atoms with Gasteiger partial charge in [0.15, 0.2) is 5.76 Å². The minimum atomic E-state index is -0.284. The number of furan rings is 1. The first kappa shape index (κ1) is 15.1. The van der Waals surface area contributed by atoms with Crippen LogP contribution in [0.3, 0.4) is 0 Å². The van der Waals surface area contributed by atoms with E-state index in [2.05, 4.69) is 15.7 Å². The summed E-state index contributed by atoms with van der Waals surface area (Å²) >= 11 is 0. The van der Waals surface area contributed by atoms with E-state index in [9.17, 15) is 4.79 Å². The van der Waals surface area contributed by atoms with Gasteiger partial charge >= 0.3 is 6.03 Å². The predicted molar refractivity (Wildman–Crippen MR) is 79.0 cm³/mol. The molecule has 21 heavy (non-hydrogen) atoms. The molecule has 2 N–H and O–H groups in total. The Morgan fingerprint density at radius 2 is 2.38 bits per heavy atom. The van der Waals surface area contributed by atoms with Crippen molar-refractivity contribution in [3.8, 4) is 11.5 Å². The standard InChI is InChI=1S/C14H20N4O3/c1-4-10(9-20-3)15-14(19)16-13-8-11(17-18(13)2)12-6-5-7-21-12/h5-8,10H,4,9H2,1-3H3,(H2,15,16,19)/t10-/m1/s1. The van der Waals surface area contributed by atoms with Crippen molar-refractivity contribution in [3.05, 3.63) is 24.5 Å². The molecule has 2 amide bonds. The van der Waals surface area contributed by atoms with Gasteiger partial charge in [-0.05, 0) is 18.6 Å². The molecule has 0 spiro atoms. The van der Waals surface area contributed by atoms with Crippen molar-refractivity contribution >= 4 is 11.8 Å². The first-order valence-corrected chi connectivity index (χ1v) is 6.78. The Labute approximate surface area is 123 Å². The highest BCUT2D eigenvalue weighted by Crippen LogP contribution is 2.21. The number of methoxy groups -OCH3 is 1. The van der Waals surface area contributed by atoms with Gasteiger partial charge in [0.25, 0.3) is 0 Å². The summed E-state index contributed by atoms with van der Waals surface area (Å²) in [5.41, 5.74) is 0.668. The average molecular weight is 292 g/mol. The van der Waals surface area contributed by atoms with E-state index in [1.54, 1.807) is 37.2 Å². The van der Waals surface area contributed by atoms with Gasteiger partial charge in [0.05, 0.1) is 18.9 Å². The third-order valence-corrected chi connectivity index (χ3v) is 3.09. The number of rotatable bonds is 6. The number of nitrogens with one attached hydrogen (secondary N) is 2. The number of aryl methyl sites for hydroxylation is 1. The lowest BCUT2D eigenvalue weighted by molar-refractivity contribution is 0.165. The van der Waals surface area contributed by atoms with Crippen molar-refractivity contribution in [1.29, 1.82) is 0 Å². The molecule has 114 valence electrons. The first-order chi connectivity index (χ1) is 10.1. The molecular formula is C14H20N4O3. The lowest BCUT2D eigenvalue weighted by atomic mass is 10.2. The Morgan fingerprint density at radius 1 is 1.57 bits per heavy atom. The van der Waals surface area contributed by atoms with Crippen molar-refractivity contribution in [3.63, 3.8) is 0 Å². The number of carbonyl (C=O) groups is 1. The van der Waals surface area contributed by atoms with Crippen LogP contribution in [0.1, 0.15) is 13.3 Å². The fourth-order valence-electron chi connectivity index (χ4n) is 1.93. The first-order valence-electron chi connectivity index (χ1n) is 6.78. The number of urea groups is 1. The lowest BCUT2D eigenvalue weighted by Gasteiger charge is -2.16. The Bertz CT molecular complexity index is 577. The molecular weight excluding hydrogens is 272 g/mol. The third-order valence-electron chi connectivity index (χ3n) is 3.09. The van der Waals surface area contributed by atoms with Crippen LogP contribution in [0.4, 0.5) is 10.6 Å². The topological polar surface area (TPSA) is 81.3 Å². The molecule has 0 saturated heterocycles. The lowest BCUT2D eigenvalue weighted by Crippen LogP contribution is -2.40. The quantitative estimate of drug-likeness (QED) is 0.855. The smallest absolute Gasteiger partial charge is 0.320 e. The molecule has 1 atom stereocenters. The van der Waals surface area contributed by atoms with Crippen molar-refractivity contribution < 1.29 is 13.9 Å². The molecule has 0 aromatic carbocycles. The molecule has 0 aliphatic rings. The highest BCUT2D eigenvalue weighted by molar-refractivity contribution is 5.89. The zero-order valence-electron chi connectivity index (χ0n) is 12.4. The van der Waals surface area contributed by atoms with Crippen LogP contribution in [-0.2, 0) is 11.8 Å². The second-order valence-electron chi connectivity index (χ2n) is 4.67. The van der Waals surface area contributed by atoms with Gasteiger partial charge in [-0.15, -0.1) is 0 Å². The minimum Gasteiger partial charge on any atom is -0.463 e. The SMILES string of the molecule is CC[C@H](COC)NC(=O)Nc1cc(-c2ccco2)nn1C. The molecule has 2 aromatic heterocycles. The van der Waals surface area contributed by atoms with E-state index in [1.165, 1.54) is 0 Å². The second-order valence-corrected chi connectivity index (χ2v) is 4.67. The van der Waals surface area contributed by atoms with Crippen molar-refractivity contribution in [1.82, 2.24) is 15.1 Å². The normalized spacial score (nSPS) is 12.1. The summed E-state index contributed by atoms with van der Waals surface area (Å²) < 4.78 is 11.9. The van der Waals surface area contributed by atoms with Gasteiger partial charge in [0.2, 0.25) is 0 Å². The number of carbonyl (C=O) groups excluding carboxylic acids is 1. The molecule has 7 nitrogen and oxygen atoms in total. The van der Waals surface area contributed by atoms with Gasteiger partial charge in [-0.25, -0.2) is 4.79 Å². The summed E-state index contributed by atoms with van der Waals surface area (Å²) in [4.78, 5) is 12.0. The molecule has 0 bridgehead atoms. The van der Waals surface area contributed by atoms with Gasteiger partial charge in [-0.2, -0.15) is 5.10 Å². The van der Waals surface area contributed by atoms with E-state index in [0.29, 0.717) is 23.9 Å². The maximum atomic E-state index is 12.0. The summed E-state index contributed by atoms with van der Waals surface area (Å²) in [5, 5.41) is 9.91. The van der Waals surface area contributed by atoms with E-state index in [1.807, 2.05) is 13.0 Å². The Balaban J connectivity index is 2.01. The van der Waals surface area contributed by atoms with E-state index >= 15 is 0 Å². The molecule has 0 radical (unpaired) electrons. The van der Waals surface area contributed by atoms with E-state index in [-0.39, 0.29) is 12.1 Å². The number of amides is 2. The zero-order valence-corrected chi connectivity index (χ0v) is 12.4. The minimum absolute atomic E-state index is 0.0206. The number of nitrogens with zero attached hydrogens (tertiary/aromatic N) is 2. The molecule has 0 aliphatic heterocycles.